The van der Waals surface area contributed by atoms with Gasteiger partial charge >= 0.3 is 0 Å². The van der Waals surface area contributed by atoms with Crippen LogP contribution in [-0.4, -0.2) is 41.3 Å². The number of ketones is 1. The Bertz CT molecular complexity index is 1000. The first-order chi connectivity index (χ1) is 15.6. The van der Waals surface area contributed by atoms with Gasteiger partial charge in [0, 0.05) is 43.1 Å². The van der Waals surface area contributed by atoms with Crippen molar-refractivity contribution in [3.8, 4) is 11.5 Å². The molecule has 166 valence electrons. The molecule has 1 fully saturated rings. The summed E-state index contributed by atoms with van der Waals surface area (Å²) in [4.78, 5) is 38.7. The quantitative estimate of drug-likeness (QED) is 0.670. The van der Waals surface area contributed by atoms with E-state index in [1.54, 1.807) is 29.2 Å². The lowest BCUT2D eigenvalue weighted by atomic mass is 9.89. The van der Waals surface area contributed by atoms with Gasteiger partial charge in [-0.25, -0.2) is 5.43 Å². The first-order valence-electron chi connectivity index (χ1n) is 11.1. The van der Waals surface area contributed by atoms with Crippen LogP contribution in [-0.2, 0) is 9.59 Å². The molecular weight excluding hydrogens is 406 g/mol. The number of carbonyl (C=O) groups is 3. The number of hydrogen-bond donors (Lipinski definition) is 1. The van der Waals surface area contributed by atoms with E-state index in [2.05, 4.69) is 10.5 Å². The average molecular weight is 434 g/mol. The summed E-state index contributed by atoms with van der Waals surface area (Å²) in [5.41, 5.74) is 3.95. The molecule has 32 heavy (non-hydrogen) atoms. The molecule has 0 radical (unpaired) electrons. The molecular formula is C25H27N3O4. The highest BCUT2D eigenvalue weighted by Gasteiger charge is 2.29. The molecule has 1 saturated heterocycles. The van der Waals surface area contributed by atoms with E-state index in [0.717, 1.165) is 24.3 Å². The lowest BCUT2D eigenvalue weighted by molar-refractivity contribution is -0.132. The minimum atomic E-state index is -0.195. The molecule has 7 heteroatoms. The van der Waals surface area contributed by atoms with E-state index >= 15 is 0 Å². The van der Waals surface area contributed by atoms with Crippen molar-refractivity contribution >= 4 is 23.3 Å². The third-order valence-electron chi connectivity index (χ3n) is 5.87. The summed E-state index contributed by atoms with van der Waals surface area (Å²) in [6, 6.07) is 16.7. The Labute approximate surface area is 187 Å². The zero-order chi connectivity index (χ0) is 22.3. The normalized spacial score (nSPS) is 18.5. The Hall–Kier alpha value is -3.48. The monoisotopic (exact) mass is 433 g/mol. The lowest BCUT2D eigenvalue weighted by Gasteiger charge is -2.32. The summed E-state index contributed by atoms with van der Waals surface area (Å²) in [7, 11) is 0. The van der Waals surface area contributed by atoms with Crippen molar-refractivity contribution in [2.75, 3.05) is 13.1 Å². The Kier molecular flexibility index (Phi) is 6.94. The summed E-state index contributed by atoms with van der Waals surface area (Å²) in [6.45, 7) is 1.12. The number of nitrogens with one attached hydrogen (secondary N) is 1. The third-order valence-corrected chi connectivity index (χ3v) is 5.87. The SMILES string of the molecule is O=C1CCC(CCC(=O)N2CCC[C@H](C(=O)c3ccc(Oc4ccccc4)cc3)C2)=NN1. The molecule has 2 aliphatic rings. The van der Waals surface area contributed by atoms with Gasteiger partial charge in [-0.15, -0.1) is 0 Å². The lowest BCUT2D eigenvalue weighted by Crippen LogP contribution is -2.42. The number of amides is 2. The van der Waals surface area contributed by atoms with Crippen LogP contribution in [0.4, 0.5) is 0 Å². The number of hydrazone groups is 1. The van der Waals surface area contributed by atoms with Crippen LogP contribution in [0.25, 0.3) is 0 Å². The number of carbonyl (C=O) groups excluding carboxylic acids is 3. The minimum absolute atomic E-state index is 0.0358. The number of nitrogens with zero attached hydrogens (tertiary/aromatic N) is 2. The van der Waals surface area contributed by atoms with E-state index < -0.39 is 0 Å². The highest BCUT2D eigenvalue weighted by atomic mass is 16.5. The smallest absolute Gasteiger partial charge is 0.240 e. The zero-order valence-electron chi connectivity index (χ0n) is 18.0. The van der Waals surface area contributed by atoms with Gasteiger partial charge in [-0.05, 0) is 62.1 Å². The van der Waals surface area contributed by atoms with Crippen molar-refractivity contribution in [3.63, 3.8) is 0 Å². The maximum atomic E-state index is 13.0. The molecule has 2 aromatic carbocycles. The number of benzene rings is 2. The first kappa shape index (κ1) is 21.7. The average Bonchev–Trinajstić information content (AvgIpc) is 2.84. The first-order valence-corrected chi connectivity index (χ1v) is 11.1. The molecule has 0 saturated carbocycles. The zero-order valence-corrected chi connectivity index (χ0v) is 18.0. The molecule has 2 heterocycles. The van der Waals surface area contributed by atoms with Crippen LogP contribution in [0, 0.1) is 5.92 Å². The van der Waals surface area contributed by atoms with Gasteiger partial charge in [-0.3, -0.25) is 14.4 Å². The standard InChI is InChI=1S/C25H27N3O4/c29-23-14-10-20(26-27-23)11-15-24(30)28-16-4-5-19(17-28)25(31)18-8-12-22(13-9-18)32-21-6-2-1-3-7-21/h1-3,6-9,12-13,19H,4-5,10-11,14-17H2,(H,27,29)/t19-/m0/s1. The van der Waals surface area contributed by atoms with Crippen LogP contribution >= 0.6 is 0 Å². The fraction of sp³-hybridized carbons (Fsp3) is 0.360. The molecule has 2 amide bonds. The van der Waals surface area contributed by atoms with Crippen LogP contribution in [0.15, 0.2) is 59.7 Å². The number of rotatable bonds is 7. The summed E-state index contributed by atoms with van der Waals surface area (Å²) in [6.07, 6.45) is 3.50. The van der Waals surface area contributed by atoms with Crippen molar-refractivity contribution in [1.82, 2.24) is 10.3 Å². The van der Waals surface area contributed by atoms with E-state index in [1.165, 1.54) is 0 Å². The Balaban J connectivity index is 1.31. The molecule has 2 aromatic rings. The molecule has 0 bridgehead atoms. The number of piperidine rings is 1. The molecule has 4 rings (SSSR count). The van der Waals surface area contributed by atoms with Crippen LogP contribution in [0.1, 0.15) is 48.9 Å². The van der Waals surface area contributed by atoms with Gasteiger partial charge in [0.2, 0.25) is 11.8 Å². The number of likely N-dealkylation sites (tertiary alicyclic amines) is 1. The molecule has 1 N–H and O–H groups in total. The molecule has 0 aliphatic carbocycles. The molecule has 7 nitrogen and oxygen atoms in total. The highest BCUT2D eigenvalue weighted by Crippen LogP contribution is 2.25. The fourth-order valence-corrected chi connectivity index (χ4v) is 4.07. The van der Waals surface area contributed by atoms with Crippen molar-refractivity contribution in [2.45, 2.75) is 38.5 Å². The Morgan fingerprint density at radius 1 is 1.03 bits per heavy atom. The Morgan fingerprint density at radius 2 is 1.78 bits per heavy atom. The van der Waals surface area contributed by atoms with E-state index in [0.29, 0.717) is 50.1 Å². The van der Waals surface area contributed by atoms with Gasteiger partial charge in [0.25, 0.3) is 0 Å². The summed E-state index contributed by atoms with van der Waals surface area (Å²) in [5.74, 6) is 1.24. The summed E-state index contributed by atoms with van der Waals surface area (Å²) >= 11 is 0. The number of para-hydroxylation sites is 1. The van der Waals surface area contributed by atoms with Gasteiger partial charge < -0.3 is 9.64 Å². The van der Waals surface area contributed by atoms with Gasteiger partial charge in [0.15, 0.2) is 5.78 Å². The van der Waals surface area contributed by atoms with E-state index in [-0.39, 0.29) is 23.5 Å². The second-order valence-electron chi connectivity index (χ2n) is 8.20. The predicted octanol–water partition coefficient (Wildman–Crippen LogP) is 3.95. The maximum Gasteiger partial charge on any atom is 0.240 e. The van der Waals surface area contributed by atoms with E-state index in [1.807, 2.05) is 30.3 Å². The van der Waals surface area contributed by atoms with Crippen molar-refractivity contribution < 1.29 is 19.1 Å². The highest BCUT2D eigenvalue weighted by molar-refractivity contribution is 5.98. The molecule has 1 atom stereocenters. The van der Waals surface area contributed by atoms with Crippen molar-refractivity contribution in [2.24, 2.45) is 11.0 Å². The minimum Gasteiger partial charge on any atom is -0.457 e. The predicted molar refractivity (Wildman–Crippen MR) is 121 cm³/mol. The molecule has 0 spiro atoms. The number of Topliss-reactive ketones (excluding diaryl/α,β-unsaturated/α-hetero) is 1. The van der Waals surface area contributed by atoms with Crippen LogP contribution in [0.5, 0.6) is 11.5 Å². The number of ether oxygens (including phenoxy) is 1. The maximum absolute atomic E-state index is 13.0. The van der Waals surface area contributed by atoms with Gasteiger partial charge in [0.05, 0.1) is 0 Å². The van der Waals surface area contributed by atoms with Gasteiger partial charge in [-0.1, -0.05) is 18.2 Å². The van der Waals surface area contributed by atoms with Crippen molar-refractivity contribution in [3.05, 3.63) is 60.2 Å². The van der Waals surface area contributed by atoms with E-state index in [9.17, 15) is 14.4 Å². The topological polar surface area (TPSA) is 88.1 Å². The number of hydrogen-bond acceptors (Lipinski definition) is 5. The van der Waals surface area contributed by atoms with Crippen LogP contribution in [0.3, 0.4) is 0 Å². The third kappa shape index (κ3) is 5.60. The Morgan fingerprint density at radius 3 is 2.50 bits per heavy atom. The van der Waals surface area contributed by atoms with Gasteiger partial charge in [0.1, 0.15) is 11.5 Å². The molecule has 0 aromatic heterocycles. The summed E-state index contributed by atoms with van der Waals surface area (Å²) in [5, 5.41) is 4.03. The van der Waals surface area contributed by atoms with Crippen molar-refractivity contribution in [1.29, 1.82) is 0 Å². The second kappa shape index (κ2) is 10.2. The largest absolute Gasteiger partial charge is 0.457 e. The van der Waals surface area contributed by atoms with Gasteiger partial charge in [-0.2, -0.15) is 5.10 Å². The van der Waals surface area contributed by atoms with E-state index in [4.69, 9.17) is 4.74 Å². The molecule has 2 aliphatic heterocycles. The summed E-state index contributed by atoms with van der Waals surface area (Å²) < 4.78 is 5.79. The van der Waals surface area contributed by atoms with Crippen LogP contribution in [0.2, 0.25) is 0 Å². The fourth-order valence-electron chi connectivity index (χ4n) is 4.07. The second-order valence-corrected chi connectivity index (χ2v) is 8.20. The van der Waals surface area contributed by atoms with Crippen LogP contribution < -0.4 is 10.2 Å². The molecule has 0 unspecified atom stereocenters.